The zero-order chi connectivity index (χ0) is 18.9. The number of halogens is 1. The van der Waals surface area contributed by atoms with Crippen molar-refractivity contribution >= 4 is 29.2 Å². The van der Waals surface area contributed by atoms with Crippen LogP contribution in [0, 0.1) is 17.3 Å². The Balaban J connectivity index is 1.90. The Labute approximate surface area is 158 Å². The van der Waals surface area contributed by atoms with Gasteiger partial charge in [-0.2, -0.15) is 0 Å². The van der Waals surface area contributed by atoms with Crippen molar-refractivity contribution in [1.82, 2.24) is 0 Å². The average molecular weight is 378 g/mol. The number of piperidine rings is 1. The molecule has 0 saturated carbocycles. The second-order valence-electron chi connectivity index (χ2n) is 8.52. The summed E-state index contributed by atoms with van der Waals surface area (Å²) < 4.78 is 11.1. The molecule has 0 bridgehead atoms. The van der Waals surface area contributed by atoms with Crippen LogP contribution in [0.1, 0.15) is 39.7 Å². The first-order chi connectivity index (χ1) is 12.1. The molecular formula is C20H24ClNO4. The Hall–Kier alpha value is -1.75. The van der Waals surface area contributed by atoms with E-state index in [-0.39, 0.29) is 18.4 Å². The lowest BCUT2D eigenvalue weighted by Crippen LogP contribution is -2.69. The van der Waals surface area contributed by atoms with Crippen molar-refractivity contribution in [3.63, 3.8) is 0 Å². The molecule has 2 fully saturated rings. The lowest BCUT2D eigenvalue weighted by atomic mass is 9.63. The molecule has 3 aliphatic heterocycles. The van der Waals surface area contributed by atoms with Crippen LogP contribution in [0.5, 0.6) is 0 Å². The molecule has 1 aromatic carbocycles. The zero-order valence-corrected chi connectivity index (χ0v) is 16.3. The number of rotatable bonds is 0. The van der Waals surface area contributed by atoms with Gasteiger partial charge in [0, 0.05) is 37.5 Å². The van der Waals surface area contributed by atoms with Crippen molar-refractivity contribution < 1.29 is 19.1 Å². The standard InChI is InChI=1S/C20H24ClNO4/c1-11-7-12(2)16-20(17(23)25-19(3,4)26-18(20)24)9-13-5-6-14(21)8-15(13)22(16)10-11/h5-6,8,11-12,16H,7,9-10H2,1-4H3/t11-,12+,16-/m1/s1. The molecule has 1 spiro atoms. The van der Waals surface area contributed by atoms with E-state index in [0.29, 0.717) is 10.9 Å². The molecule has 0 amide bonds. The second-order valence-corrected chi connectivity index (χ2v) is 8.95. The minimum absolute atomic E-state index is 0.146. The highest BCUT2D eigenvalue weighted by molar-refractivity contribution is 6.30. The van der Waals surface area contributed by atoms with E-state index < -0.39 is 23.1 Å². The van der Waals surface area contributed by atoms with Gasteiger partial charge in [-0.25, -0.2) is 0 Å². The van der Waals surface area contributed by atoms with Crippen molar-refractivity contribution in [3.05, 3.63) is 28.8 Å². The number of ether oxygens (including phenoxy) is 2. The number of carbonyl (C=O) groups excluding carboxylic acids is 2. The Morgan fingerprint density at radius 2 is 1.81 bits per heavy atom. The minimum Gasteiger partial charge on any atom is -0.422 e. The zero-order valence-electron chi connectivity index (χ0n) is 15.5. The quantitative estimate of drug-likeness (QED) is 0.511. The van der Waals surface area contributed by atoms with Gasteiger partial charge in [-0.1, -0.05) is 31.5 Å². The van der Waals surface area contributed by atoms with Crippen molar-refractivity contribution in [3.8, 4) is 0 Å². The van der Waals surface area contributed by atoms with Crippen LogP contribution in [-0.4, -0.2) is 30.3 Å². The Kier molecular flexibility index (Phi) is 3.82. The van der Waals surface area contributed by atoms with E-state index in [1.165, 1.54) is 0 Å². The summed E-state index contributed by atoms with van der Waals surface area (Å²) in [6, 6.07) is 5.35. The summed E-state index contributed by atoms with van der Waals surface area (Å²) in [5.74, 6) is -1.58. The molecular weight excluding hydrogens is 354 g/mol. The highest BCUT2D eigenvalue weighted by Crippen LogP contribution is 2.52. The molecule has 3 heterocycles. The second kappa shape index (κ2) is 5.62. The Morgan fingerprint density at radius 3 is 2.46 bits per heavy atom. The van der Waals surface area contributed by atoms with Crippen LogP contribution in [0.4, 0.5) is 5.69 Å². The van der Waals surface area contributed by atoms with E-state index >= 15 is 0 Å². The normalized spacial score (nSPS) is 31.7. The van der Waals surface area contributed by atoms with E-state index in [9.17, 15) is 9.59 Å². The van der Waals surface area contributed by atoms with Crippen LogP contribution in [-0.2, 0) is 25.5 Å². The molecule has 3 atom stereocenters. The van der Waals surface area contributed by atoms with Crippen LogP contribution >= 0.6 is 11.6 Å². The van der Waals surface area contributed by atoms with Crippen LogP contribution in [0.25, 0.3) is 0 Å². The summed E-state index contributed by atoms with van der Waals surface area (Å²) in [7, 11) is 0. The van der Waals surface area contributed by atoms with Gasteiger partial charge >= 0.3 is 11.9 Å². The first kappa shape index (κ1) is 17.7. The fourth-order valence-corrected chi connectivity index (χ4v) is 5.24. The maximum Gasteiger partial charge on any atom is 0.329 e. The van der Waals surface area contributed by atoms with Crippen LogP contribution < -0.4 is 4.90 Å². The molecule has 2 saturated heterocycles. The first-order valence-corrected chi connectivity index (χ1v) is 9.54. The number of fused-ring (bicyclic) bond motifs is 4. The summed E-state index contributed by atoms with van der Waals surface area (Å²) in [6.07, 6.45) is 1.23. The van der Waals surface area contributed by atoms with E-state index in [4.69, 9.17) is 21.1 Å². The number of anilines is 1. The summed E-state index contributed by atoms with van der Waals surface area (Å²) in [5, 5.41) is 0.652. The molecule has 0 radical (unpaired) electrons. The predicted molar refractivity (Wildman–Crippen MR) is 97.9 cm³/mol. The molecule has 140 valence electrons. The number of hydrogen-bond donors (Lipinski definition) is 0. The third kappa shape index (κ3) is 2.43. The number of cyclic esters (lactones) is 2. The van der Waals surface area contributed by atoms with Crippen molar-refractivity contribution in [1.29, 1.82) is 0 Å². The molecule has 1 aromatic rings. The van der Waals surface area contributed by atoms with Gasteiger partial charge in [-0.05, 0) is 36.0 Å². The fourth-order valence-electron chi connectivity index (χ4n) is 5.07. The smallest absolute Gasteiger partial charge is 0.329 e. The Morgan fingerprint density at radius 1 is 1.15 bits per heavy atom. The van der Waals surface area contributed by atoms with Crippen LogP contribution in [0.3, 0.4) is 0 Å². The average Bonchev–Trinajstić information content (AvgIpc) is 2.51. The molecule has 0 N–H and O–H groups in total. The maximum absolute atomic E-state index is 13.2. The molecule has 6 heteroatoms. The maximum atomic E-state index is 13.2. The van der Waals surface area contributed by atoms with E-state index in [0.717, 1.165) is 24.2 Å². The topological polar surface area (TPSA) is 55.8 Å². The molecule has 0 aromatic heterocycles. The number of carbonyl (C=O) groups is 2. The van der Waals surface area contributed by atoms with Gasteiger partial charge in [0.15, 0.2) is 5.41 Å². The summed E-state index contributed by atoms with van der Waals surface area (Å²) in [5.41, 5.74) is 0.619. The van der Waals surface area contributed by atoms with Gasteiger partial charge in [0.1, 0.15) is 0 Å². The molecule has 26 heavy (non-hydrogen) atoms. The number of hydrogen-bond acceptors (Lipinski definition) is 5. The van der Waals surface area contributed by atoms with Gasteiger partial charge in [0.25, 0.3) is 5.79 Å². The summed E-state index contributed by atoms with van der Waals surface area (Å²) in [4.78, 5) is 28.5. The Bertz CT molecular complexity index is 770. The van der Waals surface area contributed by atoms with Gasteiger partial charge in [0.05, 0.1) is 6.04 Å². The number of benzene rings is 1. The molecule has 5 nitrogen and oxygen atoms in total. The van der Waals surface area contributed by atoms with Gasteiger partial charge in [0.2, 0.25) is 0 Å². The third-order valence-electron chi connectivity index (χ3n) is 5.89. The molecule has 0 unspecified atom stereocenters. The SMILES string of the molecule is C[C@@H]1C[C@H](C)[C@H]2N(C1)c1cc(Cl)ccc1CC21C(=O)OC(C)(C)OC1=O. The lowest BCUT2D eigenvalue weighted by Gasteiger charge is -2.56. The van der Waals surface area contributed by atoms with E-state index in [2.05, 4.69) is 18.7 Å². The fraction of sp³-hybridized carbons (Fsp3) is 0.600. The highest BCUT2D eigenvalue weighted by atomic mass is 35.5. The molecule has 4 rings (SSSR count). The third-order valence-corrected chi connectivity index (χ3v) is 6.13. The monoisotopic (exact) mass is 377 g/mol. The van der Waals surface area contributed by atoms with Gasteiger partial charge in [-0.15, -0.1) is 0 Å². The largest absolute Gasteiger partial charge is 0.422 e. The van der Waals surface area contributed by atoms with Gasteiger partial charge in [-0.3, -0.25) is 9.59 Å². The molecule has 3 aliphatic rings. The first-order valence-electron chi connectivity index (χ1n) is 9.16. The minimum atomic E-state index is -1.32. The summed E-state index contributed by atoms with van der Waals surface area (Å²) in [6.45, 7) is 8.25. The summed E-state index contributed by atoms with van der Waals surface area (Å²) >= 11 is 6.24. The van der Waals surface area contributed by atoms with Crippen molar-refractivity contribution in [2.75, 3.05) is 11.4 Å². The van der Waals surface area contributed by atoms with Crippen LogP contribution in [0.15, 0.2) is 18.2 Å². The van der Waals surface area contributed by atoms with Crippen molar-refractivity contribution in [2.45, 2.75) is 52.4 Å². The van der Waals surface area contributed by atoms with E-state index in [1.807, 2.05) is 12.1 Å². The number of esters is 2. The highest BCUT2D eigenvalue weighted by Gasteiger charge is 2.65. The van der Waals surface area contributed by atoms with Gasteiger partial charge < -0.3 is 14.4 Å². The van der Waals surface area contributed by atoms with Crippen molar-refractivity contribution in [2.24, 2.45) is 17.3 Å². The lowest BCUT2D eigenvalue weighted by molar-refractivity contribution is -0.254. The molecule has 0 aliphatic carbocycles. The predicted octanol–water partition coefficient (Wildman–Crippen LogP) is 3.57. The van der Waals surface area contributed by atoms with Crippen LogP contribution in [0.2, 0.25) is 5.02 Å². The number of nitrogens with zero attached hydrogens (tertiary/aromatic N) is 1. The van der Waals surface area contributed by atoms with E-state index in [1.54, 1.807) is 19.9 Å².